The first-order valence-electron chi connectivity index (χ1n) is 6.48. The van der Waals surface area contributed by atoms with Crippen LogP contribution in [0.25, 0.3) is 0 Å². The third-order valence-electron chi connectivity index (χ3n) is 2.60. The first-order chi connectivity index (χ1) is 10.7. The number of aromatic nitrogens is 1. The van der Waals surface area contributed by atoms with E-state index in [4.69, 9.17) is 5.26 Å². The molecule has 0 radical (unpaired) electrons. The van der Waals surface area contributed by atoms with Gasteiger partial charge >= 0.3 is 12.1 Å². The molecular formula is C14H13F3N2O3S. The second-order valence-electron chi connectivity index (χ2n) is 4.42. The number of carbonyl (C=O) groups excluding carboxylic acids is 2. The number of halogens is 3. The van der Waals surface area contributed by atoms with Crippen molar-refractivity contribution in [3.05, 3.63) is 22.9 Å². The molecular weight excluding hydrogens is 333 g/mol. The number of thioether (sulfide) groups is 1. The molecule has 0 spiro atoms. The predicted molar refractivity (Wildman–Crippen MR) is 75.7 cm³/mol. The lowest BCUT2D eigenvalue weighted by Crippen LogP contribution is -2.14. The molecule has 1 aromatic rings. The molecule has 9 heteroatoms. The number of hydrogen-bond donors (Lipinski definition) is 0. The standard InChI is InChI=1S/C14H13F3N2O3S/c1-3-22-12(21)5-9(20)7-23-13-10(6-18)8(2)4-11(19-13)14(15,16)17/h4H,3,5,7H2,1-2H3. The van der Waals surface area contributed by atoms with Crippen molar-refractivity contribution in [2.45, 2.75) is 31.5 Å². The van der Waals surface area contributed by atoms with Gasteiger partial charge in [0.25, 0.3) is 0 Å². The molecule has 1 aromatic heterocycles. The van der Waals surface area contributed by atoms with E-state index in [1.165, 1.54) is 6.92 Å². The van der Waals surface area contributed by atoms with Gasteiger partial charge in [-0.15, -0.1) is 0 Å². The fraction of sp³-hybridized carbons (Fsp3) is 0.429. The first-order valence-corrected chi connectivity index (χ1v) is 7.46. The lowest BCUT2D eigenvalue weighted by atomic mass is 10.1. The summed E-state index contributed by atoms with van der Waals surface area (Å²) in [4.78, 5) is 26.2. The van der Waals surface area contributed by atoms with Gasteiger partial charge in [0.2, 0.25) is 0 Å². The van der Waals surface area contributed by atoms with Gasteiger partial charge in [-0.3, -0.25) is 9.59 Å². The molecule has 0 aromatic carbocycles. The maximum atomic E-state index is 12.8. The minimum Gasteiger partial charge on any atom is -0.466 e. The normalized spacial score (nSPS) is 11.0. The Balaban J connectivity index is 2.91. The van der Waals surface area contributed by atoms with Crippen LogP contribution in [0.5, 0.6) is 0 Å². The van der Waals surface area contributed by atoms with Crippen molar-refractivity contribution in [3.8, 4) is 6.07 Å². The molecule has 0 aliphatic carbocycles. The summed E-state index contributed by atoms with van der Waals surface area (Å²) < 4.78 is 42.9. The molecule has 5 nitrogen and oxygen atoms in total. The number of rotatable bonds is 6. The number of pyridine rings is 1. The van der Waals surface area contributed by atoms with Crippen LogP contribution >= 0.6 is 11.8 Å². The molecule has 23 heavy (non-hydrogen) atoms. The number of aryl methyl sites for hydroxylation is 1. The summed E-state index contributed by atoms with van der Waals surface area (Å²) in [6.07, 6.45) is -5.12. The molecule has 0 saturated carbocycles. The quantitative estimate of drug-likeness (QED) is 0.448. The van der Waals surface area contributed by atoms with Crippen LogP contribution in [0.15, 0.2) is 11.1 Å². The second kappa shape index (κ2) is 7.97. The van der Waals surface area contributed by atoms with Crippen molar-refractivity contribution >= 4 is 23.5 Å². The van der Waals surface area contributed by atoms with Crippen LogP contribution in [0.3, 0.4) is 0 Å². The van der Waals surface area contributed by atoms with E-state index >= 15 is 0 Å². The zero-order valence-electron chi connectivity index (χ0n) is 12.4. The summed E-state index contributed by atoms with van der Waals surface area (Å²) in [7, 11) is 0. The van der Waals surface area contributed by atoms with Gasteiger partial charge in [-0.2, -0.15) is 18.4 Å². The number of Topliss-reactive ketones (excluding diaryl/α,β-unsaturated/α-hetero) is 1. The van der Waals surface area contributed by atoms with Gasteiger partial charge in [-0.05, 0) is 25.5 Å². The van der Waals surface area contributed by atoms with Crippen molar-refractivity contribution in [2.75, 3.05) is 12.4 Å². The number of alkyl halides is 3. The van der Waals surface area contributed by atoms with Crippen molar-refractivity contribution in [2.24, 2.45) is 0 Å². The van der Waals surface area contributed by atoms with E-state index in [0.29, 0.717) is 11.8 Å². The van der Waals surface area contributed by atoms with Crippen LogP contribution < -0.4 is 0 Å². The number of carbonyl (C=O) groups is 2. The zero-order chi connectivity index (χ0) is 17.6. The van der Waals surface area contributed by atoms with Crippen LogP contribution in [0.2, 0.25) is 0 Å². The summed E-state index contributed by atoms with van der Waals surface area (Å²) in [5, 5.41) is 8.85. The monoisotopic (exact) mass is 346 g/mol. The van der Waals surface area contributed by atoms with Crippen LogP contribution in [-0.2, 0) is 20.5 Å². The van der Waals surface area contributed by atoms with Crippen molar-refractivity contribution in [3.63, 3.8) is 0 Å². The highest BCUT2D eigenvalue weighted by Gasteiger charge is 2.34. The lowest BCUT2D eigenvalue weighted by Gasteiger charge is -2.11. The minimum absolute atomic E-state index is 0.0214. The van der Waals surface area contributed by atoms with Crippen molar-refractivity contribution < 1.29 is 27.5 Å². The number of esters is 1. The maximum Gasteiger partial charge on any atom is 0.433 e. The van der Waals surface area contributed by atoms with Crippen LogP contribution in [0.1, 0.15) is 30.2 Å². The Morgan fingerprint density at radius 3 is 2.61 bits per heavy atom. The summed E-state index contributed by atoms with van der Waals surface area (Å²) in [5.41, 5.74) is -1.03. The summed E-state index contributed by atoms with van der Waals surface area (Å²) >= 11 is 0.693. The molecule has 124 valence electrons. The summed E-state index contributed by atoms with van der Waals surface area (Å²) in [5.74, 6) is -1.50. The molecule has 0 N–H and O–H groups in total. The Morgan fingerprint density at radius 2 is 2.09 bits per heavy atom. The lowest BCUT2D eigenvalue weighted by molar-refractivity contribution is -0.145. The van der Waals surface area contributed by atoms with Crippen LogP contribution in [0, 0.1) is 18.3 Å². The fourth-order valence-corrected chi connectivity index (χ4v) is 2.52. The van der Waals surface area contributed by atoms with Gasteiger partial charge in [-0.1, -0.05) is 11.8 Å². The van der Waals surface area contributed by atoms with Crippen LogP contribution in [-0.4, -0.2) is 29.1 Å². The molecule has 0 bridgehead atoms. The third kappa shape index (κ3) is 5.56. The van der Waals surface area contributed by atoms with Gasteiger partial charge in [0, 0.05) is 0 Å². The first kappa shape index (κ1) is 19.0. The number of nitrogens with zero attached hydrogens (tertiary/aromatic N) is 2. The Hall–Kier alpha value is -2.08. The molecule has 0 atom stereocenters. The summed E-state index contributed by atoms with van der Waals surface area (Å²) in [6.45, 7) is 3.08. The van der Waals surface area contributed by atoms with Gasteiger partial charge in [-0.25, -0.2) is 4.98 Å². The third-order valence-corrected chi connectivity index (χ3v) is 3.64. The number of nitriles is 1. The maximum absolute atomic E-state index is 12.8. The average molecular weight is 346 g/mol. The van der Waals surface area contributed by atoms with Gasteiger partial charge < -0.3 is 4.74 Å². The average Bonchev–Trinajstić information content (AvgIpc) is 2.43. The van der Waals surface area contributed by atoms with E-state index in [-0.39, 0.29) is 28.5 Å². The number of ketones is 1. The fourth-order valence-electron chi connectivity index (χ4n) is 1.60. The van der Waals surface area contributed by atoms with Gasteiger partial charge in [0.1, 0.15) is 23.2 Å². The van der Waals surface area contributed by atoms with Crippen molar-refractivity contribution in [1.29, 1.82) is 5.26 Å². The van der Waals surface area contributed by atoms with Crippen molar-refractivity contribution in [1.82, 2.24) is 4.98 Å². The molecule has 1 rings (SSSR count). The molecule has 0 unspecified atom stereocenters. The molecule has 0 saturated heterocycles. The van der Waals surface area contributed by atoms with Crippen LogP contribution in [0.4, 0.5) is 13.2 Å². The van der Waals surface area contributed by atoms with Gasteiger partial charge in [0.15, 0.2) is 5.78 Å². The molecule has 0 amide bonds. The van der Waals surface area contributed by atoms with E-state index < -0.39 is 30.0 Å². The SMILES string of the molecule is CCOC(=O)CC(=O)CSc1nc(C(F)(F)F)cc(C)c1C#N. The highest BCUT2D eigenvalue weighted by molar-refractivity contribution is 8.00. The minimum atomic E-state index is -4.65. The summed E-state index contributed by atoms with van der Waals surface area (Å²) in [6, 6.07) is 2.55. The molecule has 0 aliphatic heterocycles. The second-order valence-corrected chi connectivity index (χ2v) is 5.39. The molecule has 0 fully saturated rings. The largest absolute Gasteiger partial charge is 0.466 e. The molecule has 1 heterocycles. The Labute approximate surface area is 134 Å². The van der Waals surface area contributed by atoms with E-state index in [2.05, 4.69) is 9.72 Å². The Kier molecular flexibility index (Phi) is 6.57. The van der Waals surface area contributed by atoms with E-state index in [1.807, 2.05) is 0 Å². The zero-order valence-corrected chi connectivity index (χ0v) is 13.2. The topological polar surface area (TPSA) is 80.1 Å². The highest BCUT2D eigenvalue weighted by Crippen LogP contribution is 2.32. The Morgan fingerprint density at radius 1 is 1.43 bits per heavy atom. The highest BCUT2D eigenvalue weighted by atomic mass is 32.2. The van der Waals surface area contributed by atoms with Gasteiger partial charge in [0.05, 0.1) is 17.9 Å². The molecule has 0 aliphatic rings. The number of ether oxygens (including phenoxy) is 1. The van der Waals surface area contributed by atoms with E-state index in [0.717, 1.165) is 6.07 Å². The predicted octanol–water partition coefficient (Wildman–Crippen LogP) is 2.89. The Bertz CT molecular complexity index is 654. The number of hydrogen-bond acceptors (Lipinski definition) is 6. The van der Waals surface area contributed by atoms with E-state index in [1.54, 1.807) is 13.0 Å². The smallest absolute Gasteiger partial charge is 0.433 e. The van der Waals surface area contributed by atoms with E-state index in [9.17, 15) is 22.8 Å².